The molecule has 2 atom stereocenters. The van der Waals surface area contributed by atoms with Crippen molar-refractivity contribution >= 4 is 23.2 Å². The molecule has 1 fully saturated rings. The van der Waals surface area contributed by atoms with E-state index in [2.05, 4.69) is 0 Å². The molecule has 4 heteroatoms. The van der Waals surface area contributed by atoms with Crippen LogP contribution in [0.1, 0.15) is 22.9 Å². The zero-order chi connectivity index (χ0) is 11.7. The average molecular weight is 263 g/mol. The van der Waals surface area contributed by atoms with E-state index in [1.807, 2.05) is 0 Å². The molecule has 1 aromatic rings. The first-order valence-electron chi connectivity index (χ1n) is 5.27. The maximum atomic E-state index is 13.2. The number of halogens is 3. The molecule has 1 heterocycles. The second-order valence-corrected chi connectivity index (χ2v) is 5.03. The Labute approximate surface area is 105 Å². The topological polar surface area (TPSA) is 9.23 Å². The lowest BCUT2D eigenvalue weighted by molar-refractivity contribution is 0.185. The van der Waals surface area contributed by atoms with Crippen LogP contribution >= 0.6 is 23.2 Å². The van der Waals surface area contributed by atoms with Gasteiger partial charge in [0.1, 0.15) is 5.82 Å². The van der Waals surface area contributed by atoms with Gasteiger partial charge in [-0.3, -0.25) is 0 Å². The molecule has 88 valence electrons. The van der Waals surface area contributed by atoms with Crippen molar-refractivity contribution < 1.29 is 9.13 Å². The summed E-state index contributed by atoms with van der Waals surface area (Å²) < 4.78 is 18.5. The maximum Gasteiger partial charge on any atom is 0.127 e. The summed E-state index contributed by atoms with van der Waals surface area (Å²) in [5.41, 5.74) is 1.38. The molecule has 1 aliphatic heterocycles. The standard InChI is InChI=1S/C12H13Cl2FO/c1-7-4-9(10(13)5-11(7)15)12(14)8-2-3-16-6-8/h4-5,8,12H,2-3,6H2,1H3. The quantitative estimate of drug-likeness (QED) is 0.730. The maximum absolute atomic E-state index is 13.2. The number of aryl methyl sites for hydroxylation is 1. The monoisotopic (exact) mass is 262 g/mol. The number of hydrogen-bond donors (Lipinski definition) is 0. The van der Waals surface area contributed by atoms with E-state index < -0.39 is 0 Å². The normalized spacial score (nSPS) is 22.4. The number of rotatable bonds is 2. The van der Waals surface area contributed by atoms with E-state index >= 15 is 0 Å². The van der Waals surface area contributed by atoms with Gasteiger partial charge < -0.3 is 4.74 Å². The Morgan fingerprint density at radius 2 is 2.25 bits per heavy atom. The molecular weight excluding hydrogens is 250 g/mol. The van der Waals surface area contributed by atoms with Crippen LogP contribution in [0.3, 0.4) is 0 Å². The molecule has 0 bridgehead atoms. The lowest BCUT2D eigenvalue weighted by Crippen LogP contribution is -2.08. The molecule has 0 saturated carbocycles. The van der Waals surface area contributed by atoms with Gasteiger partial charge in [0.2, 0.25) is 0 Å². The molecule has 2 unspecified atom stereocenters. The number of hydrogen-bond acceptors (Lipinski definition) is 1. The van der Waals surface area contributed by atoms with Crippen molar-refractivity contribution in [1.82, 2.24) is 0 Å². The van der Waals surface area contributed by atoms with E-state index in [9.17, 15) is 4.39 Å². The van der Waals surface area contributed by atoms with Gasteiger partial charge in [0.05, 0.1) is 12.0 Å². The molecule has 1 saturated heterocycles. The van der Waals surface area contributed by atoms with Crippen molar-refractivity contribution in [3.05, 3.63) is 34.1 Å². The van der Waals surface area contributed by atoms with Gasteiger partial charge in [-0.25, -0.2) is 4.39 Å². The highest BCUT2D eigenvalue weighted by Gasteiger charge is 2.27. The summed E-state index contributed by atoms with van der Waals surface area (Å²) in [4.78, 5) is 0. The zero-order valence-corrected chi connectivity index (χ0v) is 10.5. The molecule has 0 aliphatic carbocycles. The van der Waals surface area contributed by atoms with Gasteiger partial charge in [-0.05, 0) is 30.5 Å². The van der Waals surface area contributed by atoms with Gasteiger partial charge in [-0.2, -0.15) is 0 Å². The predicted octanol–water partition coefficient (Wildman–Crippen LogP) is 4.10. The fraction of sp³-hybridized carbons (Fsp3) is 0.500. The first-order valence-corrected chi connectivity index (χ1v) is 6.08. The van der Waals surface area contributed by atoms with Crippen molar-refractivity contribution in [2.24, 2.45) is 5.92 Å². The van der Waals surface area contributed by atoms with Crippen molar-refractivity contribution in [3.63, 3.8) is 0 Å². The van der Waals surface area contributed by atoms with E-state index in [1.165, 1.54) is 6.07 Å². The molecule has 2 rings (SSSR count). The molecular formula is C12H13Cl2FO. The second-order valence-electron chi connectivity index (χ2n) is 4.15. The molecule has 1 aromatic carbocycles. The highest BCUT2D eigenvalue weighted by molar-refractivity contribution is 6.32. The highest BCUT2D eigenvalue weighted by atomic mass is 35.5. The summed E-state index contributed by atoms with van der Waals surface area (Å²) in [7, 11) is 0. The number of benzene rings is 1. The smallest absolute Gasteiger partial charge is 0.127 e. The van der Waals surface area contributed by atoms with E-state index in [1.54, 1.807) is 13.0 Å². The molecule has 0 spiro atoms. The van der Waals surface area contributed by atoms with Crippen LogP contribution in [0, 0.1) is 18.7 Å². The zero-order valence-electron chi connectivity index (χ0n) is 8.97. The van der Waals surface area contributed by atoms with Gasteiger partial charge in [-0.1, -0.05) is 17.7 Å². The van der Waals surface area contributed by atoms with Crippen LogP contribution in [0.15, 0.2) is 12.1 Å². The summed E-state index contributed by atoms with van der Waals surface area (Å²) >= 11 is 12.4. The van der Waals surface area contributed by atoms with Crippen molar-refractivity contribution in [1.29, 1.82) is 0 Å². The van der Waals surface area contributed by atoms with E-state index in [4.69, 9.17) is 27.9 Å². The molecule has 1 aliphatic rings. The van der Waals surface area contributed by atoms with Crippen LogP contribution in [0.25, 0.3) is 0 Å². The Bertz CT molecular complexity index is 389. The van der Waals surface area contributed by atoms with Crippen molar-refractivity contribution in [2.75, 3.05) is 13.2 Å². The lowest BCUT2D eigenvalue weighted by Gasteiger charge is -2.17. The van der Waals surface area contributed by atoms with Crippen LogP contribution in [-0.2, 0) is 4.74 Å². The summed E-state index contributed by atoms with van der Waals surface area (Å²) in [5, 5.41) is 0.198. The van der Waals surface area contributed by atoms with E-state index in [0.717, 1.165) is 18.6 Å². The third-order valence-corrected chi connectivity index (χ3v) is 3.87. The highest BCUT2D eigenvalue weighted by Crippen LogP contribution is 2.38. The molecule has 0 amide bonds. The van der Waals surface area contributed by atoms with Crippen molar-refractivity contribution in [3.8, 4) is 0 Å². The lowest BCUT2D eigenvalue weighted by atomic mass is 9.97. The van der Waals surface area contributed by atoms with Gasteiger partial charge in [0.15, 0.2) is 0 Å². The molecule has 16 heavy (non-hydrogen) atoms. The number of ether oxygens (including phenoxy) is 1. The Balaban J connectivity index is 2.28. The third-order valence-electron chi connectivity index (χ3n) is 2.95. The van der Waals surface area contributed by atoms with Crippen LogP contribution in [0.2, 0.25) is 5.02 Å². The van der Waals surface area contributed by atoms with Gasteiger partial charge >= 0.3 is 0 Å². The minimum Gasteiger partial charge on any atom is -0.381 e. The first-order chi connectivity index (χ1) is 7.59. The second kappa shape index (κ2) is 4.91. The molecule has 0 N–H and O–H groups in total. The van der Waals surface area contributed by atoms with Crippen LogP contribution < -0.4 is 0 Å². The third kappa shape index (κ3) is 2.34. The van der Waals surface area contributed by atoms with E-state index in [0.29, 0.717) is 17.2 Å². The van der Waals surface area contributed by atoms with Gasteiger partial charge in [0.25, 0.3) is 0 Å². The van der Waals surface area contributed by atoms with Crippen LogP contribution in [0.4, 0.5) is 4.39 Å². The Kier molecular flexibility index (Phi) is 3.73. The molecule has 0 aromatic heterocycles. The summed E-state index contributed by atoms with van der Waals surface area (Å²) in [6, 6.07) is 3.06. The molecule has 0 radical (unpaired) electrons. The summed E-state index contributed by atoms with van der Waals surface area (Å²) in [6.07, 6.45) is 0.931. The van der Waals surface area contributed by atoms with Crippen LogP contribution in [-0.4, -0.2) is 13.2 Å². The Morgan fingerprint density at radius 1 is 1.50 bits per heavy atom. The van der Waals surface area contributed by atoms with Gasteiger partial charge in [0, 0.05) is 17.5 Å². The van der Waals surface area contributed by atoms with Crippen LogP contribution in [0.5, 0.6) is 0 Å². The number of alkyl halides is 1. The van der Waals surface area contributed by atoms with Gasteiger partial charge in [-0.15, -0.1) is 11.6 Å². The Morgan fingerprint density at radius 3 is 2.88 bits per heavy atom. The van der Waals surface area contributed by atoms with E-state index in [-0.39, 0.29) is 17.1 Å². The minimum absolute atomic E-state index is 0.200. The Hall–Kier alpha value is -0.310. The first kappa shape index (κ1) is 12.2. The summed E-state index contributed by atoms with van der Waals surface area (Å²) in [6.45, 7) is 3.11. The van der Waals surface area contributed by atoms with Crippen molar-refractivity contribution in [2.45, 2.75) is 18.7 Å². The predicted molar refractivity (Wildman–Crippen MR) is 63.7 cm³/mol. The molecule has 1 nitrogen and oxygen atoms in total. The fourth-order valence-electron chi connectivity index (χ4n) is 1.93. The minimum atomic E-state index is -0.291. The fourth-order valence-corrected chi connectivity index (χ4v) is 2.63. The SMILES string of the molecule is Cc1cc(C(Cl)C2CCOC2)c(Cl)cc1F. The summed E-state index contributed by atoms with van der Waals surface area (Å²) in [5.74, 6) is -0.0238. The largest absolute Gasteiger partial charge is 0.381 e. The average Bonchev–Trinajstić information content (AvgIpc) is 2.75.